The normalized spacial score (nSPS) is 10.0. The summed E-state index contributed by atoms with van der Waals surface area (Å²) in [5.41, 5.74) is 1.59. The lowest BCUT2D eigenvalue weighted by molar-refractivity contribution is -0.148. The summed E-state index contributed by atoms with van der Waals surface area (Å²) >= 11 is 0. The Bertz CT molecular complexity index is 664. The quantitative estimate of drug-likeness (QED) is 0.795. The molecule has 0 spiro atoms. The van der Waals surface area contributed by atoms with Crippen LogP contribution in [-0.4, -0.2) is 24.0 Å². The first-order valence-corrected chi connectivity index (χ1v) is 6.70. The van der Waals surface area contributed by atoms with E-state index in [4.69, 9.17) is 14.6 Å². The summed E-state index contributed by atoms with van der Waals surface area (Å²) in [7, 11) is 1.49. The molecule has 2 aromatic carbocycles. The van der Waals surface area contributed by atoms with Crippen molar-refractivity contribution < 1.29 is 24.2 Å². The highest BCUT2D eigenvalue weighted by Crippen LogP contribution is 2.29. The Morgan fingerprint density at radius 3 is 2.36 bits per heavy atom. The van der Waals surface area contributed by atoms with Crippen molar-refractivity contribution in [2.24, 2.45) is 0 Å². The van der Waals surface area contributed by atoms with E-state index in [0.29, 0.717) is 23.7 Å². The average molecular weight is 300 g/mol. The number of methoxy groups -OCH3 is 1. The number of carbonyl (C=O) groups excluding carboxylic acids is 1. The fourth-order valence-electron chi connectivity index (χ4n) is 1.94. The van der Waals surface area contributed by atoms with Crippen molar-refractivity contribution >= 4 is 11.8 Å². The monoisotopic (exact) mass is 300 g/mol. The number of rotatable bonds is 7. The van der Waals surface area contributed by atoms with E-state index in [1.165, 1.54) is 7.11 Å². The zero-order chi connectivity index (χ0) is 15.9. The second kappa shape index (κ2) is 7.26. The molecule has 0 radical (unpaired) electrons. The van der Waals surface area contributed by atoms with Gasteiger partial charge in [-0.2, -0.15) is 0 Å². The topological polar surface area (TPSA) is 72.8 Å². The maximum Gasteiger partial charge on any atom is 0.372 e. The molecule has 1 N–H and O–H groups in total. The highest BCUT2D eigenvalue weighted by molar-refractivity contribution is 6.33. The molecule has 2 rings (SSSR count). The van der Waals surface area contributed by atoms with Crippen LogP contribution in [0.1, 0.15) is 11.1 Å². The van der Waals surface area contributed by atoms with Crippen LogP contribution < -0.4 is 9.47 Å². The van der Waals surface area contributed by atoms with Crippen LogP contribution in [0.25, 0.3) is 0 Å². The van der Waals surface area contributed by atoms with Crippen LogP contribution in [0.5, 0.6) is 11.5 Å². The van der Waals surface area contributed by atoms with Crippen LogP contribution in [-0.2, 0) is 22.6 Å². The third-order valence-electron chi connectivity index (χ3n) is 3.07. The number of benzene rings is 2. The van der Waals surface area contributed by atoms with Gasteiger partial charge in [0.25, 0.3) is 0 Å². The van der Waals surface area contributed by atoms with Gasteiger partial charge in [-0.25, -0.2) is 4.79 Å². The molecule has 22 heavy (non-hydrogen) atoms. The lowest BCUT2D eigenvalue weighted by Gasteiger charge is -2.12. The van der Waals surface area contributed by atoms with Gasteiger partial charge in [-0.1, -0.05) is 36.4 Å². The van der Waals surface area contributed by atoms with Crippen LogP contribution in [0.15, 0.2) is 48.5 Å². The molecule has 0 fully saturated rings. The third-order valence-corrected chi connectivity index (χ3v) is 3.07. The number of carboxylic acids is 1. The second-order valence-corrected chi connectivity index (χ2v) is 4.66. The lowest BCUT2D eigenvalue weighted by atomic mass is 10.1. The van der Waals surface area contributed by atoms with E-state index in [2.05, 4.69) is 0 Å². The minimum absolute atomic E-state index is 0.176. The van der Waals surface area contributed by atoms with Gasteiger partial charge >= 0.3 is 5.97 Å². The number of carboxylic acid groups (broad SMARTS) is 1. The van der Waals surface area contributed by atoms with Gasteiger partial charge in [0.15, 0.2) is 11.5 Å². The van der Waals surface area contributed by atoms with Crippen molar-refractivity contribution in [3.05, 3.63) is 59.7 Å². The number of carbonyl (C=O) groups is 2. The maximum absolute atomic E-state index is 11.2. The fourth-order valence-corrected chi connectivity index (χ4v) is 1.94. The Balaban J connectivity index is 2.09. The molecule has 0 atom stereocenters. The predicted octanol–water partition coefficient (Wildman–Crippen LogP) is 2.47. The van der Waals surface area contributed by atoms with Crippen molar-refractivity contribution in [2.45, 2.75) is 13.0 Å². The van der Waals surface area contributed by atoms with Gasteiger partial charge in [0.2, 0.25) is 5.78 Å². The number of hydrogen-bond donors (Lipinski definition) is 1. The van der Waals surface area contributed by atoms with Crippen molar-refractivity contribution in [1.82, 2.24) is 0 Å². The van der Waals surface area contributed by atoms with Gasteiger partial charge in [-0.15, -0.1) is 0 Å². The zero-order valence-electron chi connectivity index (χ0n) is 12.1. The summed E-state index contributed by atoms with van der Waals surface area (Å²) in [6.45, 7) is 0.393. The average Bonchev–Trinajstić information content (AvgIpc) is 2.54. The highest BCUT2D eigenvalue weighted by Gasteiger charge is 2.14. The van der Waals surface area contributed by atoms with E-state index in [9.17, 15) is 9.59 Å². The molecule has 114 valence electrons. The lowest BCUT2D eigenvalue weighted by Crippen LogP contribution is -2.15. The third kappa shape index (κ3) is 4.09. The SMILES string of the molecule is COc1cc(CC(=O)C(=O)O)ccc1OCc1ccccc1. The zero-order valence-corrected chi connectivity index (χ0v) is 12.1. The molecule has 0 saturated heterocycles. The van der Waals surface area contributed by atoms with Crippen LogP contribution >= 0.6 is 0 Å². The maximum atomic E-state index is 11.2. The molecule has 2 aromatic rings. The number of ketones is 1. The Labute approximate surface area is 128 Å². The largest absolute Gasteiger partial charge is 0.493 e. The fraction of sp³-hybridized carbons (Fsp3) is 0.176. The molecule has 0 aromatic heterocycles. The summed E-state index contributed by atoms with van der Waals surface area (Å²) in [6.07, 6.45) is -0.176. The van der Waals surface area contributed by atoms with E-state index in [1.54, 1.807) is 18.2 Å². The van der Waals surface area contributed by atoms with Crippen LogP contribution in [0, 0.1) is 0 Å². The van der Waals surface area contributed by atoms with E-state index in [1.807, 2.05) is 30.3 Å². The molecular formula is C17H16O5. The van der Waals surface area contributed by atoms with E-state index in [0.717, 1.165) is 5.56 Å². The molecule has 0 unspecified atom stereocenters. The van der Waals surface area contributed by atoms with Crippen molar-refractivity contribution in [3.8, 4) is 11.5 Å². The predicted molar refractivity (Wildman–Crippen MR) is 80.1 cm³/mol. The first-order valence-electron chi connectivity index (χ1n) is 6.70. The smallest absolute Gasteiger partial charge is 0.372 e. The van der Waals surface area contributed by atoms with E-state index < -0.39 is 11.8 Å². The molecule has 5 nitrogen and oxygen atoms in total. The summed E-state index contributed by atoms with van der Waals surface area (Å²) in [5.74, 6) is -1.30. The Hall–Kier alpha value is -2.82. The molecule has 0 amide bonds. The molecular weight excluding hydrogens is 284 g/mol. The van der Waals surface area contributed by atoms with Gasteiger partial charge in [0.05, 0.1) is 7.11 Å². The first kappa shape index (κ1) is 15.6. The van der Waals surface area contributed by atoms with Crippen molar-refractivity contribution in [1.29, 1.82) is 0 Å². The molecule has 0 aliphatic carbocycles. The van der Waals surface area contributed by atoms with Gasteiger partial charge < -0.3 is 14.6 Å². The summed E-state index contributed by atoms with van der Waals surface area (Å²) < 4.78 is 10.9. The van der Waals surface area contributed by atoms with Gasteiger partial charge in [-0.05, 0) is 23.3 Å². The molecule has 0 aliphatic rings. The van der Waals surface area contributed by atoms with Gasteiger partial charge in [0.1, 0.15) is 6.61 Å². The minimum Gasteiger partial charge on any atom is -0.493 e. The first-order chi connectivity index (χ1) is 10.6. The minimum atomic E-state index is -1.44. The Kier molecular flexibility index (Phi) is 5.14. The van der Waals surface area contributed by atoms with Gasteiger partial charge in [0, 0.05) is 6.42 Å². The molecule has 0 heterocycles. The molecule has 0 saturated carbocycles. The van der Waals surface area contributed by atoms with Crippen molar-refractivity contribution in [2.75, 3.05) is 7.11 Å². The summed E-state index contributed by atoms with van der Waals surface area (Å²) in [4.78, 5) is 21.8. The number of ether oxygens (including phenoxy) is 2. The number of Topliss-reactive ketones (excluding diaryl/α,β-unsaturated/α-hetero) is 1. The Morgan fingerprint density at radius 1 is 1.00 bits per heavy atom. The second-order valence-electron chi connectivity index (χ2n) is 4.66. The van der Waals surface area contributed by atoms with Crippen LogP contribution in [0.4, 0.5) is 0 Å². The molecule has 0 aliphatic heterocycles. The molecule has 5 heteroatoms. The summed E-state index contributed by atoms with van der Waals surface area (Å²) in [6, 6.07) is 14.6. The van der Waals surface area contributed by atoms with E-state index >= 15 is 0 Å². The van der Waals surface area contributed by atoms with E-state index in [-0.39, 0.29) is 6.42 Å². The highest BCUT2D eigenvalue weighted by atomic mass is 16.5. The Morgan fingerprint density at radius 2 is 1.73 bits per heavy atom. The van der Waals surface area contributed by atoms with Crippen molar-refractivity contribution in [3.63, 3.8) is 0 Å². The number of hydrogen-bond acceptors (Lipinski definition) is 4. The number of aliphatic carboxylic acids is 1. The molecule has 0 bridgehead atoms. The van der Waals surface area contributed by atoms with Crippen LogP contribution in [0.2, 0.25) is 0 Å². The van der Waals surface area contributed by atoms with Gasteiger partial charge in [-0.3, -0.25) is 4.79 Å². The standard InChI is InChI=1S/C17H16O5/c1-21-16-10-13(9-14(18)17(19)20)7-8-15(16)22-11-12-5-3-2-4-6-12/h2-8,10H,9,11H2,1H3,(H,19,20). The summed E-state index contributed by atoms with van der Waals surface area (Å²) in [5, 5.41) is 8.63. The van der Waals surface area contributed by atoms with Crippen LogP contribution in [0.3, 0.4) is 0 Å².